The predicted molar refractivity (Wildman–Crippen MR) is 64.6 cm³/mol. The van der Waals surface area contributed by atoms with Crippen LogP contribution in [-0.4, -0.2) is 52.2 Å². The quantitative estimate of drug-likeness (QED) is 0.704. The average Bonchev–Trinajstić information content (AvgIpc) is 2.29. The molecule has 4 nitrogen and oxygen atoms in total. The smallest absolute Gasteiger partial charge is 0.225 e. The molecule has 2 unspecified atom stereocenters. The molecule has 0 aromatic rings. The Morgan fingerprint density at radius 2 is 2.06 bits per heavy atom. The number of carbonyl (C=O) groups is 1. The maximum Gasteiger partial charge on any atom is 0.225 e. The molecule has 2 rings (SSSR count). The molecule has 2 aliphatic heterocycles. The molecule has 2 saturated heterocycles. The van der Waals surface area contributed by atoms with Crippen LogP contribution < -0.4 is 5.32 Å². The Bertz CT molecular complexity index is 286. The van der Waals surface area contributed by atoms with Crippen molar-refractivity contribution in [3.8, 4) is 0 Å². The van der Waals surface area contributed by atoms with Gasteiger partial charge in [0, 0.05) is 47.4 Å². The van der Waals surface area contributed by atoms with Crippen molar-refractivity contribution in [1.82, 2.24) is 10.2 Å². The number of hydrogen-bond acceptors (Lipinski definition) is 3. The molecule has 0 spiro atoms. The second kappa shape index (κ2) is 5.27. The van der Waals surface area contributed by atoms with E-state index in [9.17, 15) is 9.00 Å². The van der Waals surface area contributed by atoms with Gasteiger partial charge in [-0.25, -0.2) is 0 Å². The molecule has 0 aromatic carbocycles. The van der Waals surface area contributed by atoms with Crippen LogP contribution in [0.5, 0.6) is 0 Å². The molecule has 0 saturated carbocycles. The lowest BCUT2D eigenvalue weighted by molar-refractivity contribution is -0.136. The van der Waals surface area contributed by atoms with Crippen LogP contribution in [0.3, 0.4) is 0 Å². The van der Waals surface area contributed by atoms with E-state index >= 15 is 0 Å². The minimum atomic E-state index is -0.696. The highest BCUT2D eigenvalue weighted by Crippen LogP contribution is 2.19. The van der Waals surface area contributed by atoms with E-state index in [1.807, 2.05) is 4.90 Å². The van der Waals surface area contributed by atoms with Crippen LogP contribution in [0.1, 0.15) is 19.8 Å². The van der Waals surface area contributed by atoms with Crippen molar-refractivity contribution in [3.63, 3.8) is 0 Å². The fourth-order valence-corrected chi connectivity index (χ4v) is 3.52. The average molecular weight is 244 g/mol. The van der Waals surface area contributed by atoms with Gasteiger partial charge in [0.2, 0.25) is 5.91 Å². The van der Waals surface area contributed by atoms with Gasteiger partial charge in [-0.3, -0.25) is 9.00 Å². The molecule has 2 heterocycles. The highest BCUT2D eigenvalue weighted by molar-refractivity contribution is 7.85. The zero-order valence-corrected chi connectivity index (χ0v) is 10.6. The first-order valence-electron chi connectivity index (χ1n) is 6.04. The molecule has 1 amide bonds. The summed E-state index contributed by atoms with van der Waals surface area (Å²) in [6.07, 6.45) is 1.89. The number of nitrogens with one attached hydrogen (secondary N) is 1. The number of amides is 1. The molecule has 1 N–H and O–H groups in total. The predicted octanol–water partition coefficient (Wildman–Crippen LogP) is -0.0346. The topological polar surface area (TPSA) is 49.4 Å². The van der Waals surface area contributed by atoms with Gasteiger partial charge in [-0.15, -0.1) is 0 Å². The van der Waals surface area contributed by atoms with E-state index in [0.717, 1.165) is 19.4 Å². The van der Waals surface area contributed by atoms with E-state index in [4.69, 9.17) is 0 Å². The Balaban J connectivity index is 1.89. The van der Waals surface area contributed by atoms with Gasteiger partial charge in [-0.2, -0.15) is 0 Å². The first-order chi connectivity index (χ1) is 7.66. The second-order valence-corrected chi connectivity index (χ2v) is 6.45. The van der Waals surface area contributed by atoms with Crippen molar-refractivity contribution in [1.29, 1.82) is 0 Å². The highest BCUT2D eigenvalue weighted by atomic mass is 32.2. The van der Waals surface area contributed by atoms with Crippen LogP contribution in [0, 0.1) is 5.92 Å². The first kappa shape index (κ1) is 12.0. The highest BCUT2D eigenvalue weighted by Gasteiger charge is 2.29. The standard InChI is InChI=1S/C11H20N2O2S/c1-9-8-10(2-3-12-9)11(14)13-4-6-16(15)7-5-13/h9-10,12H,2-8H2,1H3. The van der Waals surface area contributed by atoms with E-state index in [-0.39, 0.29) is 11.8 Å². The first-order valence-corrected chi connectivity index (χ1v) is 7.53. The zero-order valence-electron chi connectivity index (χ0n) is 9.78. The van der Waals surface area contributed by atoms with Crippen molar-refractivity contribution in [3.05, 3.63) is 0 Å². The number of carbonyl (C=O) groups excluding carboxylic acids is 1. The lowest BCUT2D eigenvalue weighted by Gasteiger charge is -2.33. The Labute approximate surface area is 99.2 Å². The van der Waals surface area contributed by atoms with Crippen molar-refractivity contribution in [2.75, 3.05) is 31.1 Å². The maximum absolute atomic E-state index is 12.2. The lowest BCUT2D eigenvalue weighted by Crippen LogP contribution is -2.48. The zero-order chi connectivity index (χ0) is 11.5. The molecule has 5 heteroatoms. The Morgan fingerprint density at radius 3 is 2.69 bits per heavy atom. The van der Waals surface area contributed by atoms with Gasteiger partial charge in [-0.1, -0.05) is 0 Å². The van der Waals surface area contributed by atoms with Crippen LogP contribution in [0.15, 0.2) is 0 Å². The molecule has 0 radical (unpaired) electrons. The molecule has 0 aromatic heterocycles. The van der Waals surface area contributed by atoms with Gasteiger partial charge < -0.3 is 10.2 Å². The van der Waals surface area contributed by atoms with E-state index in [1.54, 1.807) is 0 Å². The fraction of sp³-hybridized carbons (Fsp3) is 0.909. The molecule has 2 aliphatic rings. The Hall–Kier alpha value is -0.420. The Kier molecular flexibility index (Phi) is 3.97. The Morgan fingerprint density at radius 1 is 1.38 bits per heavy atom. The van der Waals surface area contributed by atoms with Crippen LogP contribution in [0.25, 0.3) is 0 Å². The summed E-state index contributed by atoms with van der Waals surface area (Å²) < 4.78 is 11.2. The van der Waals surface area contributed by atoms with Crippen molar-refractivity contribution in [2.45, 2.75) is 25.8 Å². The molecule has 16 heavy (non-hydrogen) atoms. The van der Waals surface area contributed by atoms with Gasteiger partial charge in [0.1, 0.15) is 0 Å². The van der Waals surface area contributed by atoms with Crippen molar-refractivity contribution in [2.24, 2.45) is 5.92 Å². The summed E-state index contributed by atoms with van der Waals surface area (Å²) in [5.41, 5.74) is 0. The summed E-state index contributed by atoms with van der Waals surface area (Å²) in [7, 11) is -0.696. The molecule has 0 aliphatic carbocycles. The minimum absolute atomic E-state index is 0.183. The van der Waals surface area contributed by atoms with Crippen LogP contribution in [0.4, 0.5) is 0 Å². The molecular formula is C11H20N2O2S. The largest absolute Gasteiger partial charge is 0.341 e. The number of nitrogens with zero attached hydrogens (tertiary/aromatic N) is 1. The SMILES string of the molecule is CC1CC(C(=O)N2CCS(=O)CC2)CCN1. The fourth-order valence-electron chi connectivity index (χ4n) is 2.47. The summed E-state index contributed by atoms with van der Waals surface area (Å²) in [6, 6.07) is 0.446. The van der Waals surface area contributed by atoms with Crippen LogP contribution in [-0.2, 0) is 15.6 Å². The minimum Gasteiger partial charge on any atom is -0.341 e. The van der Waals surface area contributed by atoms with E-state index in [1.165, 1.54) is 0 Å². The summed E-state index contributed by atoms with van der Waals surface area (Å²) >= 11 is 0. The van der Waals surface area contributed by atoms with Gasteiger partial charge in [0.05, 0.1) is 0 Å². The van der Waals surface area contributed by atoms with E-state index in [2.05, 4.69) is 12.2 Å². The number of rotatable bonds is 1. The van der Waals surface area contributed by atoms with Crippen LogP contribution >= 0.6 is 0 Å². The van der Waals surface area contributed by atoms with Gasteiger partial charge >= 0.3 is 0 Å². The third-order valence-corrected chi connectivity index (χ3v) is 4.74. The molecule has 0 bridgehead atoms. The summed E-state index contributed by atoms with van der Waals surface area (Å²) in [6.45, 7) is 4.44. The monoisotopic (exact) mass is 244 g/mol. The molecule has 2 fully saturated rings. The third-order valence-electron chi connectivity index (χ3n) is 3.46. The second-order valence-electron chi connectivity index (χ2n) is 4.75. The summed E-state index contributed by atoms with van der Waals surface area (Å²) in [5.74, 6) is 1.78. The molecular weight excluding hydrogens is 224 g/mol. The number of piperidine rings is 1. The maximum atomic E-state index is 12.2. The molecule has 92 valence electrons. The normalized spacial score (nSPS) is 32.7. The van der Waals surface area contributed by atoms with E-state index < -0.39 is 10.8 Å². The third kappa shape index (κ3) is 2.83. The van der Waals surface area contributed by atoms with Crippen molar-refractivity contribution >= 4 is 16.7 Å². The van der Waals surface area contributed by atoms with Gasteiger partial charge in [-0.05, 0) is 26.3 Å². The van der Waals surface area contributed by atoms with E-state index in [0.29, 0.717) is 30.6 Å². The summed E-state index contributed by atoms with van der Waals surface area (Å²) in [4.78, 5) is 14.1. The number of hydrogen-bond donors (Lipinski definition) is 1. The molecule has 2 atom stereocenters. The summed E-state index contributed by atoms with van der Waals surface area (Å²) in [5, 5.41) is 3.36. The lowest BCUT2D eigenvalue weighted by atomic mass is 9.92. The van der Waals surface area contributed by atoms with Gasteiger partial charge in [0.15, 0.2) is 0 Å². The van der Waals surface area contributed by atoms with Crippen molar-refractivity contribution < 1.29 is 9.00 Å². The van der Waals surface area contributed by atoms with Crippen LogP contribution in [0.2, 0.25) is 0 Å². The van der Waals surface area contributed by atoms with Gasteiger partial charge in [0.25, 0.3) is 0 Å².